The fourth-order valence-corrected chi connectivity index (χ4v) is 24.0. The molecule has 146 valence electrons. The Bertz CT molecular complexity index is 451. The minimum atomic E-state index is -6.39. The summed E-state index contributed by atoms with van der Waals surface area (Å²) < 4.78 is 49.9. The van der Waals surface area contributed by atoms with Crippen LogP contribution in [-0.4, -0.2) is 62.5 Å². The second-order valence-electron chi connectivity index (χ2n) is 6.15. The minimum absolute atomic E-state index is 0.193. The average molecular weight is 501 g/mol. The first-order chi connectivity index (χ1) is 11.8. The van der Waals surface area contributed by atoms with Gasteiger partial charge in [0.05, 0.1) is 0 Å². The van der Waals surface area contributed by atoms with Gasteiger partial charge in [-0.1, -0.05) is 0 Å². The molecule has 0 amide bonds. The molecule has 1 aliphatic rings. The van der Waals surface area contributed by atoms with Gasteiger partial charge in [-0.3, -0.25) is 0 Å². The molecule has 0 unspecified atom stereocenters. The summed E-state index contributed by atoms with van der Waals surface area (Å²) in [5.41, 5.74) is 0. The summed E-state index contributed by atoms with van der Waals surface area (Å²) in [6.45, 7) is 17.4. The van der Waals surface area contributed by atoms with Gasteiger partial charge in [0, 0.05) is 0 Å². The first-order valence-corrected chi connectivity index (χ1v) is 17.5. The summed E-state index contributed by atoms with van der Waals surface area (Å²) in [6.07, 6.45) is 3.64. The maximum absolute atomic E-state index is 14.0. The van der Waals surface area contributed by atoms with Gasteiger partial charge in [0.1, 0.15) is 0 Å². The van der Waals surface area contributed by atoms with Crippen LogP contribution >= 0.6 is 0 Å². The Kier molecular flexibility index (Phi) is 9.65. The molecule has 0 bridgehead atoms. The molecule has 25 heavy (non-hydrogen) atoms. The van der Waals surface area contributed by atoms with E-state index in [1.165, 1.54) is 6.08 Å². The zero-order valence-electron chi connectivity index (χ0n) is 16.6. The van der Waals surface area contributed by atoms with Crippen LogP contribution < -0.4 is 0 Å². The van der Waals surface area contributed by atoms with Gasteiger partial charge in [-0.05, 0) is 0 Å². The molecule has 0 saturated heterocycles. The van der Waals surface area contributed by atoms with Gasteiger partial charge in [-0.25, -0.2) is 0 Å². The molecule has 0 spiro atoms. The number of allylic oxidation sites excluding steroid dienone is 4. The normalized spacial score (nSPS) is 16.2. The van der Waals surface area contributed by atoms with Gasteiger partial charge in [0.2, 0.25) is 0 Å². The standard InChI is InChI=1S/C5H4F3Ge.3C4H10N.Zr/c6-9(7,8)5-3-1-2-4-5;3*1-3-5-4-2;/h1,3H,2H2;3*3-4H2,1-2H3;/q;3*-1;+3. The summed E-state index contributed by atoms with van der Waals surface area (Å²) in [5.74, 6) is 0. The van der Waals surface area contributed by atoms with E-state index in [0.29, 0.717) is 6.42 Å². The van der Waals surface area contributed by atoms with Crippen LogP contribution in [0.3, 0.4) is 0 Å². The Morgan fingerprint density at radius 2 is 1.16 bits per heavy atom. The molecule has 1 aliphatic carbocycles. The van der Waals surface area contributed by atoms with Crippen LogP contribution in [0.1, 0.15) is 48.0 Å². The van der Waals surface area contributed by atoms with Gasteiger partial charge in [0.15, 0.2) is 0 Å². The van der Waals surface area contributed by atoms with Crippen LogP contribution in [0.5, 0.6) is 0 Å². The first-order valence-electron chi connectivity index (χ1n) is 9.51. The van der Waals surface area contributed by atoms with Crippen LogP contribution in [0, 0.1) is 0 Å². The second kappa shape index (κ2) is 10.2. The summed E-state index contributed by atoms with van der Waals surface area (Å²) in [5, 5.41) is 0. The molecule has 0 radical (unpaired) electrons. The monoisotopic (exact) mass is 501 g/mol. The molecule has 0 N–H and O–H groups in total. The molecule has 0 aromatic carbocycles. The van der Waals surface area contributed by atoms with Crippen molar-refractivity contribution in [2.45, 2.75) is 48.0 Å². The van der Waals surface area contributed by atoms with Gasteiger partial charge >= 0.3 is 162 Å². The Morgan fingerprint density at radius 1 is 0.800 bits per heavy atom. The summed E-state index contributed by atoms with van der Waals surface area (Å²) >= 11 is -10.2. The van der Waals surface area contributed by atoms with Crippen molar-refractivity contribution in [3.63, 3.8) is 0 Å². The molecule has 0 fully saturated rings. The zero-order valence-corrected chi connectivity index (χ0v) is 21.1. The zero-order chi connectivity index (χ0) is 19.3. The Balaban J connectivity index is 3.81. The SMILES string of the molecule is CC[N](CC)[Zr]([C]1=[C]([Ge]([F])([F])[F])C=CC1)([N](CC)CC)[N](CC)CC. The molecule has 8 heteroatoms. The van der Waals surface area contributed by atoms with Crippen LogP contribution in [-0.2, 0) is 21.1 Å². The molecule has 0 aromatic heterocycles. The van der Waals surface area contributed by atoms with Gasteiger partial charge in [-0.2, -0.15) is 0 Å². The van der Waals surface area contributed by atoms with E-state index in [0.717, 1.165) is 42.5 Å². The van der Waals surface area contributed by atoms with Crippen molar-refractivity contribution in [2.24, 2.45) is 0 Å². The van der Waals surface area contributed by atoms with E-state index in [2.05, 4.69) is 50.1 Å². The van der Waals surface area contributed by atoms with Crippen molar-refractivity contribution in [3.8, 4) is 0 Å². The Morgan fingerprint density at radius 3 is 1.44 bits per heavy atom. The van der Waals surface area contributed by atoms with E-state index < -0.39 is 35.8 Å². The quantitative estimate of drug-likeness (QED) is 0.386. The molecule has 0 atom stereocenters. The van der Waals surface area contributed by atoms with Gasteiger partial charge < -0.3 is 0 Å². The van der Waals surface area contributed by atoms with Crippen molar-refractivity contribution < 1.29 is 31.6 Å². The third kappa shape index (κ3) is 4.53. The third-order valence-electron chi connectivity index (χ3n) is 5.26. The van der Waals surface area contributed by atoms with E-state index in [9.17, 15) is 10.5 Å². The number of nitrogens with zero attached hydrogens (tertiary/aromatic N) is 3. The summed E-state index contributed by atoms with van der Waals surface area (Å²) in [7, 11) is 0. The topological polar surface area (TPSA) is 9.72 Å². The number of rotatable bonds is 11. The van der Waals surface area contributed by atoms with E-state index in [1.807, 2.05) is 0 Å². The van der Waals surface area contributed by atoms with Crippen molar-refractivity contribution >= 4 is 14.7 Å². The Hall–Kier alpha value is 0.576. The van der Waals surface area contributed by atoms with Crippen LogP contribution in [0.2, 0.25) is 0 Å². The Labute approximate surface area is 161 Å². The molecule has 3 nitrogen and oxygen atoms in total. The summed E-state index contributed by atoms with van der Waals surface area (Å²) in [6, 6.07) is 0. The molecular formula is C17H34F3GeN3Zr. The molecule has 0 saturated carbocycles. The van der Waals surface area contributed by atoms with E-state index in [4.69, 9.17) is 0 Å². The van der Waals surface area contributed by atoms with Crippen molar-refractivity contribution in [2.75, 3.05) is 39.3 Å². The van der Waals surface area contributed by atoms with E-state index >= 15 is 0 Å². The second-order valence-corrected chi connectivity index (χ2v) is 18.6. The molecular weight excluding hydrogens is 467 g/mol. The predicted molar refractivity (Wildman–Crippen MR) is 98.6 cm³/mol. The van der Waals surface area contributed by atoms with Crippen molar-refractivity contribution in [1.29, 1.82) is 0 Å². The van der Waals surface area contributed by atoms with Gasteiger partial charge in [0.25, 0.3) is 0 Å². The summed E-state index contributed by atoms with van der Waals surface area (Å²) in [4.78, 5) is 0. The molecule has 1 rings (SSSR count). The molecule has 0 aliphatic heterocycles. The van der Waals surface area contributed by atoms with Crippen molar-refractivity contribution in [3.05, 3.63) is 19.8 Å². The van der Waals surface area contributed by atoms with Crippen LogP contribution in [0.4, 0.5) is 10.5 Å². The number of halogens is 3. The predicted octanol–water partition coefficient (Wildman–Crippen LogP) is 4.51. The fraction of sp³-hybridized carbons (Fsp3) is 0.765. The van der Waals surface area contributed by atoms with E-state index in [1.54, 1.807) is 6.08 Å². The molecule has 0 heterocycles. The molecule has 0 aromatic rings. The number of hydrogen-bond donors (Lipinski definition) is 0. The maximum atomic E-state index is 14.0. The fourth-order valence-electron chi connectivity index (χ4n) is 4.25. The average Bonchev–Trinajstić information content (AvgIpc) is 3.07. The number of hydrogen-bond acceptors (Lipinski definition) is 3. The first kappa shape index (κ1) is 23.6. The van der Waals surface area contributed by atoms with Crippen LogP contribution in [0.25, 0.3) is 0 Å². The van der Waals surface area contributed by atoms with Gasteiger partial charge in [-0.15, -0.1) is 0 Å². The third-order valence-corrected chi connectivity index (χ3v) is 23.1. The van der Waals surface area contributed by atoms with E-state index in [-0.39, 0.29) is 4.41 Å². The van der Waals surface area contributed by atoms with Crippen molar-refractivity contribution in [1.82, 2.24) is 8.53 Å². The van der Waals surface area contributed by atoms with Crippen LogP contribution in [0.15, 0.2) is 19.8 Å².